The summed E-state index contributed by atoms with van der Waals surface area (Å²) in [5, 5.41) is 1.44. The van der Waals surface area contributed by atoms with Gasteiger partial charge < -0.3 is 0 Å². The molecule has 0 N–H and O–H groups in total. The van der Waals surface area contributed by atoms with E-state index < -0.39 is 0 Å². The number of hydrogen-bond donors (Lipinski definition) is 0. The molecule has 0 spiro atoms. The van der Waals surface area contributed by atoms with E-state index >= 15 is 0 Å². The van der Waals surface area contributed by atoms with Gasteiger partial charge in [-0.05, 0) is 0 Å². The Labute approximate surface area is 68.2 Å². The largest absolute Gasteiger partial charge is 0.212 e. The molecule has 0 aliphatic rings. The van der Waals surface area contributed by atoms with Gasteiger partial charge in [0.25, 0.3) is 0 Å². The highest BCUT2D eigenvalue weighted by molar-refractivity contribution is 6.31. The zero-order chi connectivity index (χ0) is 6.99. The molecule has 0 saturated carbocycles. The van der Waals surface area contributed by atoms with Gasteiger partial charge in [0.15, 0.2) is 15.2 Å². The molecule has 0 saturated heterocycles. The molecule has 0 aliphatic heterocycles. The van der Waals surface area contributed by atoms with Crippen LogP contribution < -0.4 is 0 Å². The summed E-state index contributed by atoms with van der Waals surface area (Å²) < 4.78 is 0. The van der Waals surface area contributed by atoms with Crippen molar-refractivity contribution in [3.63, 3.8) is 0 Å². The molecule has 0 nitrogen and oxygen atoms in total. The van der Waals surface area contributed by atoms with Gasteiger partial charge in [-0.1, -0.05) is 25.0 Å². The molecule has 47 valence electrons. The first-order valence-electron chi connectivity index (χ1n) is 3.42. The highest BCUT2D eigenvalue weighted by atomic mass is 27.1. The molecule has 2 heteroatoms. The average molecular weight is 143 g/mol. The predicted molar refractivity (Wildman–Crippen MR) is 45.7 cm³/mol. The molecule has 0 aliphatic carbocycles. The molecule has 0 bridgehead atoms. The van der Waals surface area contributed by atoms with Crippen molar-refractivity contribution < 1.29 is 0 Å². The van der Waals surface area contributed by atoms with Crippen molar-refractivity contribution in [1.29, 1.82) is 0 Å². The van der Waals surface area contributed by atoms with E-state index in [4.69, 9.17) is 0 Å². The van der Waals surface area contributed by atoms with Crippen LogP contribution in [0, 0.1) is 5.92 Å². The van der Waals surface area contributed by atoms with Gasteiger partial charge in [0.1, 0.15) is 0 Å². The molecule has 0 atom stereocenters. The minimum Gasteiger partial charge on any atom is -0.115 e. The third-order valence-corrected chi connectivity index (χ3v) is 2.45. The number of rotatable bonds is 1. The zero-order valence-electron chi connectivity index (χ0n) is 6.86. The topological polar surface area (TPSA) is 0 Å². The Morgan fingerprint density at radius 1 is 1.38 bits per heavy atom. The third kappa shape index (κ3) is 27.7. The first-order valence-corrected chi connectivity index (χ1v) is 7.15. The van der Waals surface area contributed by atoms with Gasteiger partial charge in [0.2, 0.25) is 16.3 Å². The van der Waals surface area contributed by atoms with Crippen LogP contribution in [0.1, 0.15) is 13.8 Å². The molecule has 0 aromatic heterocycles. The fourth-order valence-electron chi connectivity index (χ4n) is 0. The van der Waals surface area contributed by atoms with Crippen LogP contribution in [-0.2, 0) is 0 Å². The van der Waals surface area contributed by atoms with Crippen molar-refractivity contribution >= 4 is 31.5 Å². The zero-order valence-corrected chi connectivity index (χ0v) is 10.0. The van der Waals surface area contributed by atoms with Crippen molar-refractivity contribution in [3.05, 3.63) is 0 Å². The quantitative estimate of drug-likeness (QED) is 0.488. The van der Waals surface area contributed by atoms with Gasteiger partial charge in [-0.3, -0.25) is 0 Å². The maximum Gasteiger partial charge on any atom is 0.212 e. The minimum absolute atomic E-state index is 0.750. The van der Waals surface area contributed by atoms with E-state index in [-0.39, 0.29) is 0 Å². The van der Waals surface area contributed by atoms with Crippen LogP contribution in [0.15, 0.2) is 0 Å². The Balaban J connectivity index is 0. The molecule has 8 heavy (non-hydrogen) atoms. The SMILES string of the molecule is CC(C)[CH2][AlH2].[CH3][Al][CH3]. The summed E-state index contributed by atoms with van der Waals surface area (Å²) in [7, 11) is 0. The van der Waals surface area contributed by atoms with E-state index in [0.717, 1.165) is 21.1 Å². The predicted octanol–water partition coefficient (Wildman–Crippen LogP) is 1.48. The molecular formula is C6H17Al2. The second-order valence-electron chi connectivity index (χ2n) is 2.38. The van der Waals surface area contributed by atoms with Crippen LogP contribution in [0.3, 0.4) is 0 Å². The van der Waals surface area contributed by atoms with Gasteiger partial charge in [-0.25, -0.2) is 0 Å². The Morgan fingerprint density at radius 3 is 1.50 bits per heavy atom. The van der Waals surface area contributed by atoms with Gasteiger partial charge in [-0.2, -0.15) is 0 Å². The molecule has 0 unspecified atom stereocenters. The lowest BCUT2D eigenvalue weighted by Gasteiger charge is -1.90. The average Bonchev–Trinajstić information content (AvgIpc) is 1.69. The fraction of sp³-hybridized carbons (Fsp3) is 1.00. The lowest BCUT2D eigenvalue weighted by atomic mass is 10.3. The van der Waals surface area contributed by atoms with Gasteiger partial charge in [0.05, 0.1) is 0 Å². The molecule has 0 heterocycles. The van der Waals surface area contributed by atoms with E-state index in [1.807, 2.05) is 0 Å². The van der Waals surface area contributed by atoms with Crippen LogP contribution in [-0.4, -0.2) is 31.5 Å². The molecule has 0 amide bonds. The summed E-state index contributed by atoms with van der Waals surface area (Å²) in [4.78, 5) is 0. The van der Waals surface area contributed by atoms with E-state index in [9.17, 15) is 0 Å². The number of hydrogen-bond acceptors (Lipinski definition) is 0. The standard InChI is InChI=1S/C4H9.2CH3.2Al.2H/c1-4(2)3;;;;;;/h4H,1H2,2-3H3;2*1H3;;;;. The van der Waals surface area contributed by atoms with E-state index in [0.29, 0.717) is 0 Å². The van der Waals surface area contributed by atoms with Gasteiger partial charge in [-0.15, -0.1) is 11.6 Å². The maximum absolute atomic E-state index is 2.26. The van der Waals surface area contributed by atoms with E-state index in [1.54, 1.807) is 0 Å². The molecule has 0 aromatic rings. The molecule has 0 rings (SSSR count). The third-order valence-electron chi connectivity index (χ3n) is 0.816. The van der Waals surface area contributed by atoms with Crippen molar-refractivity contribution in [2.24, 2.45) is 5.92 Å². The van der Waals surface area contributed by atoms with E-state index in [2.05, 4.69) is 25.4 Å². The lowest BCUT2D eigenvalue weighted by molar-refractivity contribution is 0.735. The van der Waals surface area contributed by atoms with Crippen molar-refractivity contribution in [3.8, 4) is 0 Å². The van der Waals surface area contributed by atoms with Crippen molar-refractivity contribution in [1.82, 2.24) is 0 Å². The van der Waals surface area contributed by atoms with Crippen LogP contribution >= 0.6 is 0 Å². The molecule has 0 aromatic carbocycles. The second-order valence-corrected chi connectivity index (χ2v) is 4.35. The van der Waals surface area contributed by atoms with Crippen molar-refractivity contribution in [2.45, 2.75) is 30.7 Å². The molecule has 1 radical (unpaired) electrons. The van der Waals surface area contributed by atoms with Crippen molar-refractivity contribution in [2.75, 3.05) is 0 Å². The smallest absolute Gasteiger partial charge is 0.115 e. The first-order chi connectivity index (χ1) is 3.68. The highest BCUT2D eigenvalue weighted by Gasteiger charge is 1.80. The Morgan fingerprint density at radius 2 is 1.50 bits per heavy atom. The monoisotopic (exact) mass is 143 g/mol. The summed E-state index contributed by atoms with van der Waals surface area (Å²) in [6.07, 6.45) is 0. The summed E-state index contributed by atoms with van der Waals surface area (Å²) in [5.74, 6) is 5.36. The van der Waals surface area contributed by atoms with Crippen LogP contribution in [0.2, 0.25) is 16.9 Å². The highest BCUT2D eigenvalue weighted by Crippen LogP contribution is 1.92. The summed E-state index contributed by atoms with van der Waals surface area (Å²) in [6.45, 7) is 4.51. The van der Waals surface area contributed by atoms with Gasteiger partial charge in [0, 0.05) is 0 Å². The Hall–Kier alpha value is 1.06. The first kappa shape index (κ1) is 11.8. The van der Waals surface area contributed by atoms with Crippen LogP contribution in [0.4, 0.5) is 0 Å². The van der Waals surface area contributed by atoms with Crippen LogP contribution in [0.5, 0.6) is 0 Å². The van der Waals surface area contributed by atoms with Crippen LogP contribution in [0.25, 0.3) is 0 Å². The van der Waals surface area contributed by atoms with Gasteiger partial charge >= 0.3 is 0 Å². The summed E-state index contributed by atoms with van der Waals surface area (Å²) in [5.41, 5.74) is 0. The summed E-state index contributed by atoms with van der Waals surface area (Å²) in [6, 6.07) is 0. The normalized spacial score (nSPS) is 7.62. The minimum atomic E-state index is 0.750. The summed E-state index contributed by atoms with van der Waals surface area (Å²) >= 11 is 2.12. The lowest BCUT2D eigenvalue weighted by Crippen LogP contribution is -1.80. The molecular weight excluding hydrogens is 126 g/mol. The maximum atomic E-state index is 2.26. The Bertz CT molecular complexity index is 27.7. The second kappa shape index (κ2) is 10.9. The Kier molecular flexibility index (Phi) is 16.2. The van der Waals surface area contributed by atoms with E-state index in [1.165, 1.54) is 21.6 Å². The fourth-order valence-corrected chi connectivity index (χ4v) is 0. The molecule has 0 fully saturated rings.